The van der Waals surface area contributed by atoms with E-state index in [1.54, 1.807) is 0 Å². The molecule has 1 aliphatic heterocycles. The van der Waals surface area contributed by atoms with Gasteiger partial charge in [-0.05, 0) is 19.4 Å². The van der Waals surface area contributed by atoms with Crippen LogP contribution in [0.25, 0.3) is 0 Å². The van der Waals surface area contributed by atoms with E-state index in [9.17, 15) is 4.79 Å². The van der Waals surface area contributed by atoms with Crippen molar-refractivity contribution < 1.29 is 4.79 Å². The first kappa shape index (κ1) is 9.52. The molecule has 1 fully saturated rings. The van der Waals surface area contributed by atoms with Crippen LogP contribution in [0.4, 0.5) is 0 Å². The van der Waals surface area contributed by atoms with Gasteiger partial charge >= 0.3 is 0 Å². The number of likely N-dealkylation sites (tertiary alicyclic amines) is 1. The Morgan fingerprint density at radius 3 is 2.75 bits per heavy atom. The predicted octanol–water partition coefficient (Wildman–Crippen LogP) is 0.464. The lowest BCUT2D eigenvalue weighted by Gasteiger charge is -2.35. The van der Waals surface area contributed by atoms with Crippen molar-refractivity contribution in [2.45, 2.75) is 19.8 Å². The summed E-state index contributed by atoms with van der Waals surface area (Å²) in [7, 11) is 2.08. The highest BCUT2D eigenvalue weighted by molar-refractivity contribution is 5.76. The number of carbonyl (C=O) groups excluding carboxylic acids is 1. The van der Waals surface area contributed by atoms with Crippen LogP contribution in [0.2, 0.25) is 0 Å². The van der Waals surface area contributed by atoms with Gasteiger partial charge in [-0.1, -0.05) is 6.92 Å². The number of rotatable bonds is 4. The lowest BCUT2D eigenvalue weighted by atomic mass is 9.97. The molecule has 12 heavy (non-hydrogen) atoms. The summed E-state index contributed by atoms with van der Waals surface area (Å²) in [6.45, 7) is 5.05. The van der Waals surface area contributed by atoms with Crippen LogP contribution in [-0.4, -0.2) is 37.5 Å². The summed E-state index contributed by atoms with van der Waals surface area (Å²) >= 11 is 0. The van der Waals surface area contributed by atoms with Crippen molar-refractivity contribution in [1.82, 2.24) is 10.2 Å². The number of hydrogen-bond donors (Lipinski definition) is 1. The van der Waals surface area contributed by atoms with Crippen LogP contribution in [0.3, 0.4) is 0 Å². The van der Waals surface area contributed by atoms with E-state index in [0.717, 1.165) is 26.1 Å². The van der Waals surface area contributed by atoms with Crippen LogP contribution in [-0.2, 0) is 4.79 Å². The summed E-state index contributed by atoms with van der Waals surface area (Å²) in [6, 6.07) is 0. The lowest BCUT2D eigenvalue weighted by molar-refractivity contribution is -0.123. The Kier molecular flexibility index (Phi) is 3.53. The number of carbonyl (C=O) groups is 1. The van der Waals surface area contributed by atoms with E-state index in [4.69, 9.17) is 0 Å². The summed E-state index contributed by atoms with van der Waals surface area (Å²) in [4.78, 5) is 13.4. The van der Waals surface area contributed by atoms with Crippen molar-refractivity contribution in [3.8, 4) is 0 Å². The molecule has 1 rings (SSSR count). The molecule has 3 nitrogen and oxygen atoms in total. The summed E-state index contributed by atoms with van der Waals surface area (Å²) < 4.78 is 0. The SMILES string of the molecule is CCCNC(=O)CC1CN(C)C1. The first-order valence-electron chi connectivity index (χ1n) is 4.67. The molecule has 0 radical (unpaired) electrons. The van der Waals surface area contributed by atoms with E-state index >= 15 is 0 Å². The normalized spacial score (nSPS) is 18.8. The second-order valence-electron chi connectivity index (χ2n) is 3.64. The van der Waals surface area contributed by atoms with E-state index in [1.807, 2.05) is 0 Å². The molecular weight excluding hydrogens is 152 g/mol. The number of nitrogens with zero attached hydrogens (tertiary/aromatic N) is 1. The molecule has 0 atom stereocenters. The largest absolute Gasteiger partial charge is 0.356 e. The third kappa shape index (κ3) is 2.81. The molecule has 1 aliphatic rings. The second-order valence-corrected chi connectivity index (χ2v) is 3.64. The maximum atomic E-state index is 11.2. The minimum absolute atomic E-state index is 0.218. The molecule has 0 aliphatic carbocycles. The highest BCUT2D eigenvalue weighted by Crippen LogP contribution is 2.15. The molecule has 0 unspecified atom stereocenters. The Bertz CT molecular complexity index is 153. The van der Waals surface area contributed by atoms with E-state index in [-0.39, 0.29) is 5.91 Å². The van der Waals surface area contributed by atoms with Crippen molar-refractivity contribution in [3.63, 3.8) is 0 Å². The van der Waals surface area contributed by atoms with Gasteiger partial charge in [-0.15, -0.1) is 0 Å². The fourth-order valence-electron chi connectivity index (χ4n) is 1.56. The van der Waals surface area contributed by atoms with Gasteiger partial charge in [0.25, 0.3) is 0 Å². The summed E-state index contributed by atoms with van der Waals surface area (Å²) in [5, 5.41) is 2.89. The molecule has 70 valence electrons. The van der Waals surface area contributed by atoms with Gasteiger partial charge in [0.1, 0.15) is 0 Å². The standard InChI is InChI=1S/C9H18N2O/c1-3-4-10-9(12)5-8-6-11(2)7-8/h8H,3-7H2,1-2H3,(H,10,12). The van der Waals surface area contributed by atoms with Crippen LogP contribution in [0.5, 0.6) is 0 Å². The summed E-state index contributed by atoms with van der Waals surface area (Å²) in [5.74, 6) is 0.821. The fraction of sp³-hybridized carbons (Fsp3) is 0.889. The maximum absolute atomic E-state index is 11.2. The Balaban J connectivity index is 2.03. The van der Waals surface area contributed by atoms with Crippen LogP contribution < -0.4 is 5.32 Å². The highest BCUT2D eigenvalue weighted by Gasteiger charge is 2.24. The van der Waals surface area contributed by atoms with Gasteiger partial charge < -0.3 is 10.2 Å². The molecule has 0 bridgehead atoms. The Hall–Kier alpha value is -0.570. The monoisotopic (exact) mass is 170 g/mol. The van der Waals surface area contributed by atoms with E-state index in [1.165, 1.54) is 0 Å². The Labute approximate surface area is 74.1 Å². The van der Waals surface area contributed by atoms with Gasteiger partial charge in [0.15, 0.2) is 0 Å². The number of hydrogen-bond acceptors (Lipinski definition) is 2. The van der Waals surface area contributed by atoms with Crippen molar-refractivity contribution in [3.05, 3.63) is 0 Å². The minimum Gasteiger partial charge on any atom is -0.356 e. The van der Waals surface area contributed by atoms with Gasteiger partial charge in [-0.25, -0.2) is 0 Å². The van der Waals surface area contributed by atoms with Crippen molar-refractivity contribution in [1.29, 1.82) is 0 Å². The van der Waals surface area contributed by atoms with Crippen molar-refractivity contribution >= 4 is 5.91 Å². The molecule has 1 amide bonds. The van der Waals surface area contributed by atoms with Crippen LogP contribution in [0.1, 0.15) is 19.8 Å². The van der Waals surface area contributed by atoms with E-state index in [0.29, 0.717) is 12.3 Å². The zero-order valence-electron chi connectivity index (χ0n) is 7.97. The highest BCUT2D eigenvalue weighted by atomic mass is 16.1. The molecule has 1 saturated heterocycles. The molecule has 0 aromatic carbocycles. The molecule has 1 heterocycles. The summed E-state index contributed by atoms with van der Waals surface area (Å²) in [5.41, 5.74) is 0. The number of nitrogens with one attached hydrogen (secondary N) is 1. The van der Waals surface area contributed by atoms with E-state index < -0.39 is 0 Å². The van der Waals surface area contributed by atoms with Gasteiger partial charge in [-0.2, -0.15) is 0 Å². The topological polar surface area (TPSA) is 32.3 Å². The van der Waals surface area contributed by atoms with Gasteiger partial charge in [0.05, 0.1) is 0 Å². The average molecular weight is 170 g/mol. The molecule has 0 spiro atoms. The third-order valence-electron chi connectivity index (χ3n) is 2.19. The van der Waals surface area contributed by atoms with Crippen molar-refractivity contribution in [2.75, 3.05) is 26.7 Å². The smallest absolute Gasteiger partial charge is 0.220 e. The zero-order valence-corrected chi connectivity index (χ0v) is 7.97. The van der Waals surface area contributed by atoms with Crippen LogP contribution in [0.15, 0.2) is 0 Å². The average Bonchev–Trinajstić information content (AvgIpc) is 1.98. The molecule has 1 N–H and O–H groups in total. The minimum atomic E-state index is 0.218. The van der Waals surface area contributed by atoms with Gasteiger partial charge in [-0.3, -0.25) is 4.79 Å². The quantitative estimate of drug-likeness (QED) is 0.665. The van der Waals surface area contributed by atoms with E-state index in [2.05, 4.69) is 24.2 Å². The van der Waals surface area contributed by atoms with Crippen LogP contribution in [0, 0.1) is 5.92 Å². The fourth-order valence-corrected chi connectivity index (χ4v) is 1.56. The lowest BCUT2D eigenvalue weighted by Crippen LogP contribution is -2.45. The predicted molar refractivity (Wildman–Crippen MR) is 48.9 cm³/mol. The second kappa shape index (κ2) is 4.45. The third-order valence-corrected chi connectivity index (χ3v) is 2.19. The maximum Gasteiger partial charge on any atom is 0.220 e. The van der Waals surface area contributed by atoms with Gasteiger partial charge in [0, 0.05) is 26.1 Å². The Morgan fingerprint density at radius 1 is 1.58 bits per heavy atom. The van der Waals surface area contributed by atoms with Crippen LogP contribution >= 0.6 is 0 Å². The number of amides is 1. The molecule has 0 aromatic rings. The first-order valence-corrected chi connectivity index (χ1v) is 4.67. The molecule has 3 heteroatoms. The molecule has 0 aromatic heterocycles. The van der Waals surface area contributed by atoms with Gasteiger partial charge in [0.2, 0.25) is 5.91 Å². The molecule has 0 saturated carbocycles. The summed E-state index contributed by atoms with van der Waals surface area (Å²) in [6.07, 6.45) is 1.74. The zero-order chi connectivity index (χ0) is 8.97. The molecular formula is C9H18N2O. The first-order chi connectivity index (χ1) is 5.72. The van der Waals surface area contributed by atoms with Crippen molar-refractivity contribution in [2.24, 2.45) is 5.92 Å². The Morgan fingerprint density at radius 2 is 2.25 bits per heavy atom.